The topological polar surface area (TPSA) is 53.1 Å². The molecule has 1 aliphatic carbocycles. The van der Waals surface area contributed by atoms with E-state index in [2.05, 4.69) is 0 Å². The monoisotopic (exact) mass is 183 g/mol. The van der Waals surface area contributed by atoms with Crippen molar-refractivity contribution in [3.05, 3.63) is 0 Å². The van der Waals surface area contributed by atoms with E-state index in [9.17, 15) is 4.79 Å². The van der Waals surface area contributed by atoms with E-state index >= 15 is 0 Å². The third-order valence-electron chi connectivity index (χ3n) is 3.60. The number of carboxylic acid groups (broad SMARTS) is 1. The summed E-state index contributed by atoms with van der Waals surface area (Å²) in [5, 5.41) is 8.83. The van der Waals surface area contributed by atoms with E-state index in [1.165, 1.54) is 0 Å². The molecule has 0 aromatic rings. The van der Waals surface area contributed by atoms with Gasteiger partial charge >= 0.3 is 6.09 Å². The number of amides is 1. The van der Waals surface area contributed by atoms with Crippen LogP contribution in [0.3, 0.4) is 0 Å². The van der Waals surface area contributed by atoms with Gasteiger partial charge in [0, 0.05) is 13.1 Å². The molecule has 1 amide bonds. The van der Waals surface area contributed by atoms with Crippen LogP contribution < -0.4 is 0 Å². The number of carbonyl (C=O) groups is 1. The largest absolute Gasteiger partial charge is 0.465 e. The number of ether oxygens (including phenoxy) is 1. The summed E-state index contributed by atoms with van der Waals surface area (Å²) in [5.74, 6) is 1.14. The summed E-state index contributed by atoms with van der Waals surface area (Å²) in [5.41, 5.74) is 0. The summed E-state index contributed by atoms with van der Waals surface area (Å²) in [7, 11) is 0. The fourth-order valence-corrected chi connectivity index (χ4v) is 2.82. The fraction of sp³-hybridized carbons (Fsp3) is 0.889. The summed E-state index contributed by atoms with van der Waals surface area (Å²) in [6.07, 6.45) is 2.34. The van der Waals surface area contributed by atoms with Crippen LogP contribution in [0.1, 0.15) is 12.8 Å². The molecule has 2 heterocycles. The molecule has 1 N–H and O–H groups in total. The molecule has 3 fully saturated rings. The zero-order valence-corrected chi connectivity index (χ0v) is 7.35. The highest BCUT2D eigenvalue weighted by molar-refractivity contribution is 5.65. The molecule has 2 saturated heterocycles. The minimum absolute atomic E-state index is 0.468. The van der Waals surface area contributed by atoms with Crippen LogP contribution in [-0.4, -0.2) is 41.4 Å². The highest BCUT2D eigenvalue weighted by atomic mass is 16.6. The van der Waals surface area contributed by atoms with Crippen molar-refractivity contribution < 1.29 is 14.6 Å². The summed E-state index contributed by atoms with van der Waals surface area (Å²) in [6, 6.07) is 0. The van der Waals surface area contributed by atoms with Crippen LogP contribution in [0.2, 0.25) is 0 Å². The van der Waals surface area contributed by atoms with E-state index in [-0.39, 0.29) is 0 Å². The molecule has 3 rings (SSSR count). The average Bonchev–Trinajstić information content (AvgIpc) is 2.68. The zero-order chi connectivity index (χ0) is 9.00. The van der Waals surface area contributed by atoms with Gasteiger partial charge in [0.1, 0.15) is 0 Å². The van der Waals surface area contributed by atoms with E-state index in [0.29, 0.717) is 24.0 Å². The Balaban J connectivity index is 1.70. The van der Waals surface area contributed by atoms with E-state index in [4.69, 9.17) is 9.84 Å². The summed E-state index contributed by atoms with van der Waals surface area (Å²) in [4.78, 5) is 12.3. The van der Waals surface area contributed by atoms with Crippen LogP contribution in [0.25, 0.3) is 0 Å². The minimum Gasteiger partial charge on any atom is -0.465 e. The number of nitrogens with zero attached hydrogens (tertiary/aromatic N) is 1. The van der Waals surface area contributed by atoms with Gasteiger partial charge in [-0.25, -0.2) is 4.79 Å². The second kappa shape index (κ2) is 2.38. The van der Waals surface area contributed by atoms with Gasteiger partial charge in [0.2, 0.25) is 0 Å². The molecule has 0 unspecified atom stereocenters. The van der Waals surface area contributed by atoms with Gasteiger partial charge in [0.15, 0.2) is 0 Å². The number of fused-ring (bicyclic) bond motifs is 2. The fourth-order valence-electron chi connectivity index (χ4n) is 2.82. The molecule has 2 aliphatic heterocycles. The van der Waals surface area contributed by atoms with Gasteiger partial charge in [-0.2, -0.15) is 0 Å². The Kier molecular flexibility index (Phi) is 1.39. The lowest BCUT2D eigenvalue weighted by molar-refractivity contribution is 0.152. The Morgan fingerprint density at radius 2 is 1.77 bits per heavy atom. The van der Waals surface area contributed by atoms with Gasteiger partial charge in [0.05, 0.1) is 12.2 Å². The lowest BCUT2D eigenvalue weighted by Crippen LogP contribution is -2.26. The van der Waals surface area contributed by atoms with Crippen LogP contribution in [0.5, 0.6) is 0 Å². The second-order valence-corrected chi connectivity index (χ2v) is 4.39. The van der Waals surface area contributed by atoms with Crippen LogP contribution in [-0.2, 0) is 4.74 Å². The first kappa shape index (κ1) is 7.62. The summed E-state index contributed by atoms with van der Waals surface area (Å²) < 4.78 is 5.44. The molecule has 0 aromatic heterocycles. The summed E-state index contributed by atoms with van der Waals surface area (Å²) >= 11 is 0. The standard InChI is InChI=1S/C9H13NO3/c11-9(12)10-3-5-1-7-8(13-7)2-6(5)4-10/h5-8H,1-4H2,(H,11,12)/t5-,6+,7+,8-. The first-order valence-electron chi connectivity index (χ1n) is 4.87. The van der Waals surface area contributed by atoms with E-state index in [0.717, 1.165) is 25.9 Å². The molecule has 4 nitrogen and oxygen atoms in total. The van der Waals surface area contributed by atoms with Gasteiger partial charge in [-0.1, -0.05) is 0 Å². The SMILES string of the molecule is O=C(O)N1C[C@H]2C[C@@H]3O[C@@H]3C[C@H]2C1. The Morgan fingerprint density at radius 3 is 2.23 bits per heavy atom. The van der Waals surface area contributed by atoms with Crippen molar-refractivity contribution in [3.8, 4) is 0 Å². The molecule has 0 bridgehead atoms. The maximum absolute atomic E-state index is 10.7. The Bertz CT molecular complexity index is 237. The number of likely N-dealkylation sites (tertiary alicyclic amines) is 1. The second-order valence-electron chi connectivity index (χ2n) is 4.39. The van der Waals surface area contributed by atoms with E-state index in [1.54, 1.807) is 4.90 Å². The first-order chi connectivity index (χ1) is 6.24. The van der Waals surface area contributed by atoms with Crippen molar-refractivity contribution in [1.82, 2.24) is 4.90 Å². The van der Waals surface area contributed by atoms with Crippen molar-refractivity contribution in [3.63, 3.8) is 0 Å². The zero-order valence-electron chi connectivity index (χ0n) is 7.35. The maximum Gasteiger partial charge on any atom is 0.407 e. The highest BCUT2D eigenvalue weighted by Gasteiger charge is 2.51. The number of rotatable bonds is 0. The molecule has 4 atom stereocenters. The van der Waals surface area contributed by atoms with Gasteiger partial charge < -0.3 is 14.7 Å². The van der Waals surface area contributed by atoms with E-state index < -0.39 is 6.09 Å². The molecule has 1 saturated carbocycles. The Morgan fingerprint density at radius 1 is 1.23 bits per heavy atom. The molecule has 4 heteroatoms. The predicted molar refractivity (Wildman–Crippen MR) is 44.5 cm³/mol. The van der Waals surface area contributed by atoms with Crippen molar-refractivity contribution >= 4 is 6.09 Å². The lowest BCUT2D eigenvalue weighted by atomic mass is 9.82. The van der Waals surface area contributed by atoms with Gasteiger partial charge in [0.25, 0.3) is 0 Å². The number of hydrogen-bond donors (Lipinski definition) is 1. The Labute approximate surface area is 76.5 Å². The minimum atomic E-state index is -0.760. The van der Waals surface area contributed by atoms with Crippen molar-refractivity contribution in [2.75, 3.05) is 13.1 Å². The molecule has 0 spiro atoms. The summed E-state index contributed by atoms with van der Waals surface area (Å²) in [6.45, 7) is 1.46. The maximum atomic E-state index is 10.7. The van der Waals surface area contributed by atoms with Crippen LogP contribution >= 0.6 is 0 Å². The third-order valence-corrected chi connectivity index (χ3v) is 3.60. The quantitative estimate of drug-likeness (QED) is 0.564. The number of epoxide rings is 1. The molecule has 0 aromatic carbocycles. The van der Waals surface area contributed by atoms with Crippen molar-refractivity contribution in [2.24, 2.45) is 11.8 Å². The normalized spacial score (nSPS) is 46.9. The molecule has 0 radical (unpaired) electrons. The van der Waals surface area contributed by atoms with Gasteiger partial charge in [-0.15, -0.1) is 0 Å². The van der Waals surface area contributed by atoms with E-state index in [1.807, 2.05) is 0 Å². The van der Waals surface area contributed by atoms with Crippen LogP contribution in [0, 0.1) is 11.8 Å². The van der Waals surface area contributed by atoms with Gasteiger partial charge in [-0.05, 0) is 24.7 Å². The van der Waals surface area contributed by atoms with Gasteiger partial charge in [-0.3, -0.25) is 0 Å². The molecule has 13 heavy (non-hydrogen) atoms. The lowest BCUT2D eigenvalue weighted by Gasteiger charge is -2.19. The van der Waals surface area contributed by atoms with Crippen LogP contribution in [0.15, 0.2) is 0 Å². The predicted octanol–water partition coefficient (Wildman–Crippen LogP) is 0.774. The molecule has 3 aliphatic rings. The molecular weight excluding hydrogens is 170 g/mol. The Hall–Kier alpha value is -0.770. The van der Waals surface area contributed by atoms with Crippen molar-refractivity contribution in [2.45, 2.75) is 25.0 Å². The molecular formula is C9H13NO3. The third kappa shape index (κ3) is 1.12. The smallest absolute Gasteiger partial charge is 0.407 e. The average molecular weight is 183 g/mol. The highest BCUT2D eigenvalue weighted by Crippen LogP contribution is 2.45. The van der Waals surface area contributed by atoms with Crippen molar-refractivity contribution in [1.29, 1.82) is 0 Å². The number of hydrogen-bond acceptors (Lipinski definition) is 2. The first-order valence-corrected chi connectivity index (χ1v) is 4.87. The molecule has 72 valence electrons. The van der Waals surface area contributed by atoms with Crippen LogP contribution in [0.4, 0.5) is 4.79 Å².